The number of halogens is 1. The zero-order valence-corrected chi connectivity index (χ0v) is 13.0. The summed E-state index contributed by atoms with van der Waals surface area (Å²) in [7, 11) is 0. The molecule has 0 atom stereocenters. The van der Waals surface area contributed by atoms with Crippen LogP contribution < -0.4 is 0 Å². The van der Waals surface area contributed by atoms with E-state index in [4.69, 9.17) is 9.26 Å². The lowest BCUT2D eigenvalue weighted by Gasteiger charge is -2.03. The minimum Gasteiger partial charge on any atom is -0.452 e. The van der Waals surface area contributed by atoms with Crippen LogP contribution in [0.15, 0.2) is 63.6 Å². The molecule has 0 saturated heterocycles. The fraction of sp³-hybridized carbons (Fsp3) is 0.0625. The highest BCUT2D eigenvalue weighted by molar-refractivity contribution is 9.10. The second kappa shape index (κ2) is 6.53. The van der Waals surface area contributed by atoms with Crippen LogP contribution in [0.2, 0.25) is 0 Å². The Kier molecular flexibility index (Phi) is 4.29. The van der Waals surface area contributed by atoms with Crippen LogP contribution in [0, 0.1) is 0 Å². The summed E-state index contributed by atoms with van der Waals surface area (Å²) in [6, 6.07) is 16.5. The zero-order chi connectivity index (χ0) is 15.4. The number of aromatic nitrogens is 2. The Balaban J connectivity index is 1.67. The van der Waals surface area contributed by atoms with Gasteiger partial charge in [-0.2, -0.15) is 4.98 Å². The third kappa shape index (κ3) is 3.23. The van der Waals surface area contributed by atoms with Crippen molar-refractivity contribution in [3.8, 4) is 11.4 Å². The summed E-state index contributed by atoms with van der Waals surface area (Å²) >= 11 is 3.31. The van der Waals surface area contributed by atoms with Gasteiger partial charge in [0.1, 0.15) is 0 Å². The Labute approximate surface area is 135 Å². The second-order valence-electron chi connectivity index (χ2n) is 4.43. The maximum Gasteiger partial charge on any atom is 0.339 e. The monoisotopic (exact) mass is 358 g/mol. The molecule has 0 aliphatic heterocycles. The average molecular weight is 359 g/mol. The SMILES string of the molecule is O=C(OCc1nc(-c2ccccc2)no1)c1ccccc1Br. The van der Waals surface area contributed by atoms with Crippen molar-refractivity contribution in [3.05, 3.63) is 70.5 Å². The Hall–Kier alpha value is -2.47. The quantitative estimate of drug-likeness (QED) is 0.662. The number of esters is 1. The Morgan fingerprint density at radius 2 is 1.82 bits per heavy atom. The van der Waals surface area contributed by atoms with E-state index in [0.29, 0.717) is 15.9 Å². The molecule has 1 aromatic heterocycles. The molecule has 0 unspecified atom stereocenters. The van der Waals surface area contributed by atoms with Crippen molar-refractivity contribution in [2.75, 3.05) is 0 Å². The van der Waals surface area contributed by atoms with E-state index in [1.54, 1.807) is 18.2 Å². The van der Waals surface area contributed by atoms with E-state index < -0.39 is 5.97 Å². The van der Waals surface area contributed by atoms with Crippen molar-refractivity contribution in [1.82, 2.24) is 10.1 Å². The molecule has 1 heterocycles. The largest absolute Gasteiger partial charge is 0.452 e. The number of rotatable bonds is 4. The van der Waals surface area contributed by atoms with Crippen LogP contribution in [0.1, 0.15) is 16.2 Å². The van der Waals surface area contributed by atoms with Crippen molar-refractivity contribution >= 4 is 21.9 Å². The molecule has 0 N–H and O–H groups in total. The van der Waals surface area contributed by atoms with E-state index in [2.05, 4.69) is 26.1 Å². The minimum atomic E-state index is -0.452. The highest BCUT2D eigenvalue weighted by atomic mass is 79.9. The zero-order valence-electron chi connectivity index (χ0n) is 11.4. The molecule has 3 rings (SSSR count). The minimum absolute atomic E-state index is 0.0694. The molecule has 2 aromatic carbocycles. The van der Waals surface area contributed by atoms with Crippen LogP contribution in [0.25, 0.3) is 11.4 Å². The van der Waals surface area contributed by atoms with Crippen LogP contribution >= 0.6 is 15.9 Å². The number of benzene rings is 2. The van der Waals surface area contributed by atoms with Gasteiger partial charge in [-0.15, -0.1) is 0 Å². The lowest BCUT2D eigenvalue weighted by Crippen LogP contribution is -2.06. The molecule has 0 radical (unpaired) electrons. The van der Waals surface area contributed by atoms with E-state index >= 15 is 0 Å². The van der Waals surface area contributed by atoms with E-state index in [0.717, 1.165) is 5.56 Å². The number of carbonyl (C=O) groups is 1. The van der Waals surface area contributed by atoms with Crippen molar-refractivity contribution in [2.45, 2.75) is 6.61 Å². The van der Waals surface area contributed by atoms with Crippen LogP contribution in [0.5, 0.6) is 0 Å². The van der Waals surface area contributed by atoms with Gasteiger partial charge in [0.05, 0.1) is 5.56 Å². The third-order valence-corrected chi connectivity index (χ3v) is 3.61. The van der Waals surface area contributed by atoms with Crippen molar-refractivity contribution < 1.29 is 14.1 Å². The van der Waals surface area contributed by atoms with E-state index in [1.807, 2.05) is 36.4 Å². The van der Waals surface area contributed by atoms with Crippen LogP contribution in [0.4, 0.5) is 0 Å². The first-order valence-electron chi connectivity index (χ1n) is 6.54. The van der Waals surface area contributed by atoms with Crippen LogP contribution in [-0.4, -0.2) is 16.1 Å². The first kappa shape index (κ1) is 14.5. The van der Waals surface area contributed by atoms with Gasteiger partial charge in [-0.05, 0) is 28.1 Å². The third-order valence-electron chi connectivity index (χ3n) is 2.92. The summed E-state index contributed by atoms with van der Waals surface area (Å²) in [5.74, 6) is 0.263. The Morgan fingerprint density at radius 3 is 2.59 bits per heavy atom. The molecule has 0 fully saturated rings. The highest BCUT2D eigenvalue weighted by Gasteiger charge is 2.14. The van der Waals surface area contributed by atoms with Gasteiger partial charge in [0.25, 0.3) is 5.89 Å². The van der Waals surface area contributed by atoms with Gasteiger partial charge in [-0.1, -0.05) is 47.6 Å². The molecule has 6 heteroatoms. The smallest absolute Gasteiger partial charge is 0.339 e. The van der Waals surface area contributed by atoms with Gasteiger partial charge < -0.3 is 9.26 Å². The van der Waals surface area contributed by atoms with Crippen molar-refractivity contribution in [3.63, 3.8) is 0 Å². The van der Waals surface area contributed by atoms with Gasteiger partial charge in [0, 0.05) is 10.0 Å². The predicted octanol–water partition coefficient (Wildman–Crippen LogP) is 3.86. The fourth-order valence-electron chi connectivity index (χ4n) is 1.85. The lowest BCUT2D eigenvalue weighted by atomic mass is 10.2. The summed E-state index contributed by atoms with van der Waals surface area (Å²) in [6.45, 7) is -0.0694. The topological polar surface area (TPSA) is 65.2 Å². The van der Waals surface area contributed by atoms with E-state index in [9.17, 15) is 4.79 Å². The summed E-state index contributed by atoms with van der Waals surface area (Å²) in [6.07, 6.45) is 0. The number of nitrogens with zero attached hydrogens (tertiary/aromatic N) is 2. The average Bonchev–Trinajstić information content (AvgIpc) is 3.03. The Bertz CT molecular complexity index is 787. The molecule has 0 amide bonds. The highest BCUT2D eigenvalue weighted by Crippen LogP contribution is 2.18. The number of hydrogen-bond donors (Lipinski definition) is 0. The van der Waals surface area contributed by atoms with E-state index in [1.165, 1.54) is 0 Å². The lowest BCUT2D eigenvalue weighted by molar-refractivity contribution is 0.0428. The molecule has 0 aliphatic rings. The summed E-state index contributed by atoms with van der Waals surface area (Å²) < 4.78 is 10.9. The van der Waals surface area contributed by atoms with Crippen LogP contribution in [-0.2, 0) is 11.3 Å². The standard InChI is InChI=1S/C16H11BrN2O3/c17-13-9-5-4-8-12(13)16(20)21-10-14-18-15(19-22-14)11-6-2-1-3-7-11/h1-9H,10H2. The van der Waals surface area contributed by atoms with Gasteiger partial charge in [-0.3, -0.25) is 0 Å². The molecule has 0 bridgehead atoms. The van der Waals surface area contributed by atoms with Gasteiger partial charge in [0.15, 0.2) is 6.61 Å². The fourth-order valence-corrected chi connectivity index (χ4v) is 2.30. The summed E-state index contributed by atoms with van der Waals surface area (Å²) in [4.78, 5) is 16.2. The van der Waals surface area contributed by atoms with Crippen molar-refractivity contribution in [2.24, 2.45) is 0 Å². The van der Waals surface area contributed by atoms with Gasteiger partial charge in [0.2, 0.25) is 5.82 Å². The molecule has 0 spiro atoms. The van der Waals surface area contributed by atoms with E-state index in [-0.39, 0.29) is 12.5 Å². The maximum absolute atomic E-state index is 12.0. The first-order chi connectivity index (χ1) is 10.7. The molecule has 0 aliphatic carbocycles. The van der Waals surface area contributed by atoms with Crippen LogP contribution in [0.3, 0.4) is 0 Å². The molecular weight excluding hydrogens is 348 g/mol. The molecule has 3 aromatic rings. The van der Waals surface area contributed by atoms with Crippen molar-refractivity contribution in [1.29, 1.82) is 0 Å². The number of ether oxygens (including phenoxy) is 1. The van der Waals surface area contributed by atoms with Gasteiger partial charge in [-0.25, -0.2) is 4.79 Å². The Morgan fingerprint density at radius 1 is 1.09 bits per heavy atom. The predicted molar refractivity (Wildman–Crippen MR) is 83.0 cm³/mol. The second-order valence-corrected chi connectivity index (χ2v) is 5.29. The number of hydrogen-bond acceptors (Lipinski definition) is 5. The molecule has 5 nitrogen and oxygen atoms in total. The molecule has 0 saturated carbocycles. The molecule has 110 valence electrons. The molecular formula is C16H11BrN2O3. The summed E-state index contributed by atoms with van der Waals surface area (Å²) in [5, 5.41) is 3.87. The van der Waals surface area contributed by atoms with Gasteiger partial charge >= 0.3 is 5.97 Å². The summed E-state index contributed by atoms with van der Waals surface area (Å²) in [5.41, 5.74) is 1.29. The first-order valence-corrected chi connectivity index (χ1v) is 7.33. The maximum atomic E-state index is 12.0. The molecule has 22 heavy (non-hydrogen) atoms. The number of carbonyl (C=O) groups excluding carboxylic acids is 1. The normalized spacial score (nSPS) is 10.4.